The van der Waals surface area contributed by atoms with Crippen LogP contribution >= 0.6 is 11.3 Å². The lowest BCUT2D eigenvalue weighted by Gasteiger charge is -2.11. The Labute approximate surface area is 167 Å². The average Bonchev–Trinajstić information content (AvgIpc) is 3.14. The van der Waals surface area contributed by atoms with Gasteiger partial charge in [-0.05, 0) is 31.9 Å². The zero-order valence-electron chi connectivity index (χ0n) is 16.0. The molecule has 0 atom stereocenters. The number of unbranched alkanes of at least 4 members (excludes halogenated alkanes) is 1. The molecule has 0 fully saturated rings. The summed E-state index contributed by atoms with van der Waals surface area (Å²) in [5.41, 5.74) is 0.369. The van der Waals surface area contributed by atoms with Crippen LogP contribution in [0.1, 0.15) is 29.1 Å². The van der Waals surface area contributed by atoms with E-state index < -0.39 is 11.9 Å². The predicted octanol–water partition coefficient (Wildman–Crippen LogP) is 4.04. The molecule has 5 nitrogen and oxygen atoms in total. The van der Waals surface area contributed by atoms with Crippen LogP contribution in [0.4, 0.5) is 13.2 Å². The molecule has 0 unspecified atom stereocenters. The number of hydrogen-bond donors (Lipinski definition) is 2. The summed E-state index contributed by atoms with van der Waals surface area (Å²) in [5.74, 6) is 1.49. The molecular formula is C19H25F3N4OS. The highest BCUT2D eigenvalue weighted by atomic mass is 32.1. The fraction of sp³-hybridized carbons (Fsp3) is 0.474. The predicted molar refractivity (Wildman–Crippen MR) is 106 cm³/mol. The van der Waals surface area contributed by atoms with Crippen LogP contribution in [0.15, 0.2) is 34.6 Å². The summed E-state index contributed by atoms with van der Waals surface area (Å²) in [7, 11) is 1.65. The summed E-state index contributed by atoms with van der Waals surface area (Å²) >= 11 is 1.02. The first-order chi connectivity index (χ1) is 13.4. The largest absolute Gasteiger partial charge is 0.494 e. The van der Waals surface area contributed by atoms with Gasteiger partial charge in [0.15, 0.2) is 11.7 Å². The SMILES string of the molecule is CN=C(NCCCCOc1ccc(C)cc1)NCCc1nc(C(F)(F)F)cs1. The number of guanidine groups is 1. The van der Waals surface area contributed by atoms with Crippen LogP contribution in [0, 0.1) is 6.92 Å². The fourth-order valence-electron chi connectivity index (χ4n) is 2.32. The van der Waals surface area contributed by atoms with Crippen molar-refractivity contribution in [2.24, 2.45) is 4.99 Å². The zero-order chi connectivity index (χ0) is 20.4. The summed E-state index contributed by atoms with van der Waals surface area (Å²) < 4.78 is 43.3. The van der Waals surface area contributed by atoms with Crippen molar-refractivity contribution in [3.63, 3.8) is 0 Å². The zero-order valence-corrected chi connectivity index (χ0v) is 16.8. The first-order valence-electron chi connectivity index (χ1n) is 9.04. The van der Waals surface area contributed by atoms with Crippen molar-refractivity contribution in [2.75, 3.05) is 26.7 Å². The van der Waals surface area contributed by atoms with Crippen molar-refractivity contribution in [1.82, 2.24) is 15.6 Å². The molecule has 9 heteroatoms. The maximum Gasteiger partial charge on any atom is 0.434 e. The van der Waals surface area contributed by atoms with Crippen LogP contribution in [-0.4, -0.2) is 37.7 Å². The van der Waals surface area contributed by atoms with Gasteiger partial charge < -0.3 is 15.4 Å². The number of thiazole rings is 1. The second-order valence-electron chi connectivity index (χ2n) is 6.17. The Morgan fingerprint density at radius 2 is 1.86 bits per heavy atom. The molecule has 1 aromatic heterocycles. The van der Waals surface area contributed by atoms with Gasteiger partial charge in [0.1, 0.15) is 5.75 Å². The van der Waals surface area contributed by atoms with E-state index in [0.717, 1.165) is 41.9 Å². The summed E-state index contributed by atoms with van der Waals surface area (Å²) in [5, 5.41) is 7.75. The third kappa shape index (κ3) is 7.75. The highest BCUT2D eigenvalue weighted by molar-refractivity contribution is 7.09. The van der Waals surface area contributed by atoms with Gasteiger partial charge in [-0.15, -0.1) is 11.3 Å². The van der Waals surface area contributed by atoms with Crippen molar-refractivity contribution in [3.05, 3.63) is 45.9 Å². The Morgan fingerprint density at radius 3 is 2.50 bits per heavy atom. The molecule has 0 bridgehead atoms. The minimum Gasteiger partial charge on any atom is -0.494 e. The number of aryl methyl sites for hydroxylation is 1. The highest BCUT2D eigenvalue weighted by Gasteiger charge is 2.33. The maximum absolute atomic E-state index is 12.5. The van der Waals surface area contributed by atoms with Crippen molar-refractivity contribution >= 4 is 17.3 Å². The molecule has 2 aromatic rings. The van der Waals surface area contributed by atoms with Crippen LogP contribution in [0.3, 0.4) is 0 Å². The fourth-order valence-corrected chi connectivity index (χ4v) is 3.13. The van der Waals surface area contributed by atoms with Crippen LogP contribution in [0.25, 0.3) is 0 Å². The van der Waals surface area contributed by atoms with E-state index in [1.165, 1.54) is 5.56 Å². The smallest absolute Gasteiger partial charge is 0.434 e. The molecule has 1 aromatic carbocycles. The Kier molecular flexibility index (Phi) is 8.56. The summed E-state index contributed by atoms with van der Waals surface area (Å²) in [6.45, 7) is 3.86. The Bertz CT molecular complexity index is 744. The van der Waals surface area contributed by atoms with E-state index in [4.69, 9.17) is 4.74 Å². The van der Waals surface area contributed by atoms with E-state index in [2.05, 4.69) is 20.6 Å². The molecule has 0 aliphatic carbocycles. The molecule has 0 saturated heterocycles. The van der Waals surface area contributed by atoms with Crippen molar-refractivity contribution in [2.45, 2.75) is 32.4 Å². The van der Waals surface area contributed by atoms with Gasteiger partial charge in [0, 0.05) is 31.9 Å². The maximum atomic E-state index is 12.5. The molecule has 0 aliphatic rings. The van der Waals surface area contributed by atoms with E-state index in [1.54, 1.807) is 7.05 Å². The molecule has 0 aliphatic heterocycles. The van der Waals surface area contributed by atoms with Crippen molar-refractivity contribution in [3.8, 4) is 5.75 Å². The normalized spacial score (nSPS) is 12.1. The lowest BCUT2D eigenvalue weighted by atomic mass is 10.2. The van der Waals surface area contributed by atoms with E-state index in [9.17, 15) is 13.2 Å². The number of alkyl halides is 3. The van der Waals surface area contributed by atoms with E-state index in [1.807, 2.05) is 31.2 Å². The van der Waals surface area contributed by atoms with Crippen LogP contribution in [-0.2, 0) is 12.6 Å². The van der Waals surface area contributed by atoms with Gasteiger partial charge in [0.2, 0.25) is 0 Å². The van der Waals surface area contributed by atoms with Crippen molar-refractivity contribution < 1.29 is 17.9 Å². The lowest BCUT2D eigenvalue weighted by molar-refractivity contribution is -0.140. The number of aliphatic imine (C=N–C) groups is 1. The number of rotatable bonds is 9. The molecule has 0 radical (unpaired) electrons. The minimum absolute atomic E-state index is 0.409. The molecule has 154 valence electrons. The quantitative estimate of drug-likeness (QED) is 0.369. The topological polar surface area (TPSA) is 58.5 Å². The van der Waals surface area contributed by atoms with Gasteiger partial charge in [0.25, 0.3) is 0 Å². The van der Waals surface area contributed by atoms with Gasteiger partial charge in [0.05, 0.1) is 11.6 Å². The standard InChI is InChI=1S/C19H25F3N4OS/c1-14-5-7-15(8-6-14)27-12-4-3-10-24-18(23-2)25-11-9-17-26-16(13-28-17)19(20,21)22/h5-8,13H,3-4,9-12H2,1-2H3,(H2,23,24,25). The van der Waals surface area contributed by atoms with E-state index >= 15 is 0 Å². The van der Waals surface area contributed by atoms with Gasteiger partial charge in [-0.1, -0.05) is 17.7 Å². The van der Waals surface area contributed by atoms with Crippen LogP contribution in [0.5, 0.6) is 5.75 Å². The first kappa shape index (κ1) is 22.0. The number of aromatic nitrogens is 1. The molecule has 2 N–H and O–H groups in total. The summed E-state index contributed by atoms with van der Waals surface area (Å²) in [6.07, 6.45) is -2.17. The molecule has 0 saturated carbocycles. The van der Waals surface area contributed by atoms with E-state index in [-0.39, 0.29) is 0 Å². The molecule has 2 rings (SSSR count). The van der Waals surface area contributed by atoms with Gasteiger partial charge in [-0.3, -0.25) is 4.99 Å². The average molecular weight is 414 g/mol. The van der Waals surface area contributed by atoms with E-state index in [0.29, 0.717) is 30.5 Å². The molecule has 0 amide bonds. The molecular weight excluding hydrogens is 389 g/mol. The molecule has 1 heterocycles. The lowest BCUT2D eigenvalue weighted by Crippen LogP contribution is -2.38. The number of hydrogen-bond acceptors (Lipinski definition) is 4. The van der Waals surface area contributed by atoms with Crippen LogP contribution in [0.2, 0.25) is 0 Å². The number of benzene rings is 1. The summed E-state index contributed by atoms with van der Waals surface area (Å²) in [6, 6.07) is 7.95. The Balaban J connectivity index is 1.57. The third-order valence-electron chi connectivity index (χ3n) is 3.85. The van der Waals surface area contributed by atoms with Crippen molar-refractivity contribution in [1.29, 1.82) is 0 Å². The highest BCUT2D eigenvalue weighted by Crippen LogP contribution is 2.29. The Hall–Kier alpha value is -2.29. The van der Waals surface area contributed by atoms with Gasteiger partial charge in [-0.25, -0.2) is 4.98 Å². The number of ether oxygens (including phenoxy) is 1. The van der Waals surface area contributed by atoms with Gasteiger partial charge >= 0.3 is 6.18 Å². The van der Waals surface area contributed by atoms with Gasteiger partial charge in [-0.2, -0.15) is 13.2 Å². The second kappa shape index (κ2) is 10.9. The third-order valence-corrected chi connectivity index (χ3v) is 4.76. The Morgan fingerprint density at radius 1 is 1.14 bits per heavy atom. The molecule has 28 heavy (non-hydrogen) atoms. The molecule has 0 spiro atoms. The minimum atomic E-state index is -4.39. The monoisotopic (exact) mass is 414 g/mol. The second-order valence-corrected chi connectivity index (χ2v) is 7.11. The number of halogens is 3. The number of nitrogens with zero attached hydrogens (tertiary/aromatic N) is 2. The first-order valence-corrected chi connectivity index (χ1v) is 9.92. The number of nitrogens with one attached hydrogen (secondary N) is 2. The summed E-state index contributed by atoms with van der Waals surface area (Å²) in [4.78, 5) is 7.71. The van der Waals surface area contributed by atoms with Crippen LogP contribution < -0.4 is 15.4 Å².